The van der Waals surface area contributed by atoms with Crippen LogP contribution in [0.15, 0.2) is 6.33 Å². The molecule has 1 aromatic heterocycles. The van der Waals surface area contributed by atoms with Crippen molar-refractivity contribution in [1.82, 2.24) is 9.97 Å². The van der Waals surface area contributed by atoms with Gasteiger partial charge >= 0.3 is 0 Å². The summed E-state index contributed by atoms with van der Waals surface area (Å²) < 4.78 is 0. The minimum atomic E-state index is 0.685. The van der Waals surface area contributed by atoms with Crippen LogP contribution >= 0.6 is 11.6 Å². The molecule has 11 heavy (non-hydrogen) atoms. The first-order chi connectivity index (χ1) is 5.29. The van der Waals surface area contributed by atoms with Crippen molar-refractivity contribution in [2.45, 2.75) is 6.92 Å². The lowest BCUT2D eigenvalue weighted by Crippen LogP contribution is -1.98. The molecule has 0 spiro atoms. The van der Waals surface area contributed by atoms with Crippen molar-refractivity contribution in [3.8, 4) is 0 Å². The van der Waals surface area contributed by atoms with Crippen molar-refractivity contribution in [1.29, 1.82) is 0 Å². The Kier molecular flexibility index (Phi) is 1.46. The van der Waals surface area contributed by atoms with Gasteiger partial charge in [0.15, 0.2) is 5.82 Å². The van der Waals surface area contributed by atoms with Crippen molar-refractivity contribution < 1.29 is 0 Å². The molecule has 0 bridgehead atoms. The zero-order chi connectivity index (χ0) is 7.84. The number of nitrogens with zero attached hydrogens (tertiary/aromatic N) is 3. The molecule has 0 aromatic carbocycles. The molecule has 4 heteroatoms. The van der Waals surface area contributed by atoms with E-state index in [0.29, 0.717) is 5.02 Å². The summed E-state index contributed by atoms with van der Waals surface area (Å²) in [5, 5.41) is 0.685. The van der Waals surface area contributed by atoms with E-state index in [2.05, 4.69) is 14.9 Å². The Morgan fingerprint density at radius 2 is 2.18 bits per heavy atom. The van der Waals surface area contributed by atoms with Gasteiger partial charge in [-0.25, -0.2) is 9.97 Å². The van der Waals surface area contributed by atoms with Crippen LogP contribution in [0.3, 0.4) is 0 Å². The fraction of sp³-hybridized carbons (Fsp3) is 0.429. The highest BCUT2D eigenvalue weighted by atomic mass is 35.5. The van der Waals surface area contributed by atoms with E-state index in [-0.39, 0.29) is 0 Å². The second-order valence-electron chi connectivity index (χ2n) is 2.58. The number of hydrogen-bond donors (Lipinski definition) is 0. The van der Waals surface area contributed by atoms with Gasteiger partial charge in [0.2, 0.25) is 0 Å². The average molecular weight is 170 g/mol. The molecule has 1 aliphatic heterocycles. The maximum absolute atomic E-state index is 5.96. The lowest BCUT2D eigenvalue weighted by Gasteiger charge is -2.04. The maximum atomic E-state index is 5.96. The Morgan fingerprint density at radius 3 is 2.82 bits per heavy atom. The van der Waals surface area contributed by atoms with E-state index in [1.54, 1.807) is 6.33 Å². The van der Waals surface area contributed by atoms with E-state index in [9.17, 15) is 0 Å². The Morgan fingerprint density at radius 1 is 1.45 bits per heavy atom. The van der Waals surface area contributed by atoms with Crippen molar-refractivity contribution in [2.24, 2.45) is 0 Å². The van der Waals surface area contributed by atoms with Crippen LogP contribution in [-0.2, 0) is 0 Å². The predicted molar refractivity (Wildman–Crippen MR) is 44.0 cm³/mol. The van der Waals surface area contributed by atoms with Crippen LogP contribution in [0.2, 0.25) is 5.02 Å². The van der Waals surface area contributed by atoms with Crippen LogP contribution in [-0.4, -0.2) is 23.1 Å². The van der Waals surface area contributed by atoms with E-state index in [4.69, 9.17) is 11.6 Å². The first-order valence-corrected chi connectivity index (χ1v) is 3.89. The van der Waals surface area contributed by atoms with E-state index in [1.807, 2.05) is 6.92 Å². The van der Waals surface area contributed by atoms with E-state index in [0.717, 1.165) is 24.6 Å². The summed E-state index contributed by atoms with van der Waals surface area (Å²) in [5.74, 6) is 0.874. The fourth-order valence-corrected chi connectivity index (χ4v) is 1.14. The van der Waals surface area contributed by atoms with Gasteiger partial charge in [-0.15, -0.1) is 0 Å². The van der Waals surface area contributed by atoms with Gasteiger partial charge < -0.3 is 4.90 Å². The lowest BCUT2D eigenvalue weighted by atomic mass is 10.4. The van der Waals surface area contributed by atoms with Gasteiger partial charge in [0.1, 0.15) is 11.3 Å². The molecule has 2 rings (SSSR count). The molecule has 1 aromatic rings. The van der Waals surface area contributed by atoms with Crippen molar-refractivity contribution in [2.75, 3.05) is 18.0 Å². The molecule has 3 nitrogen and oxygen atoms in total. The Balaban J connectivity index is 2.45. The highest BCUT2D eigenvalue weighted by Gasteiger charge is 2.22. The number of aromatic nitrogens is 2. The van der Waals surface area contributed by atoms with Crippen LogP contribution in [0.1, 0.15) is 5.69 Å². The minimum Gasteiger partial charge on any atom is -0.352 e. The molecule has 0 atom stereocenters. The molecule has 1 fully saturated rings. The number of halogens is 1. The second-order valence-corrected chi connectivity index (χ2v) is 2.96. The molecule has 1 aliphatic rings. The van der Waals surface area contributed by atoms with Gasteiger partial charge in [0, 0.05) is 13.1 Å². The van der Waals surface area contributed by atoms with Crippen LogP contribution in [0.5, 0.6) is 0 Å². The normalized spacial score (nSPS) is 15.3. The first-order valence-electron chi connectivity index (χ1n) is 3.51. The van der Waals surface area contributed by atoms with Gasteiger partial charge in [-0.3, -0.25) is 0 Å². The van der Waals surface area contributed by atoms with E-state index >= 15 is 0 Å². The third-order valence-corrected chi connectivity index (χ3v) is 2.13. The van der Waals surface area contributed by atoms with Crippen LogP contribution in [0, 0.1) is 6.92 Å². The predicted octanol–water partition coefficient (Wildman–Crippen LogP) is 1.26. The monoisotopic (exact) mass is 169 g/mol. The fourth-order valence-electron chi connectivity index (χ4n) is 0.928. The summed E-state index contributed by atoms with van der Waals surface area (Å²) in [7, 11) is 0. The Hall–Kier alpha value is -0.830. The summed E-state index contributed by atoms with van der Waals surface area (Å²) in [5.41, 5.74) is 0.851. The number of aryl methyl sites for hydroxylation is 1. The third kappa shape index (κ3) is 1.16. The first kappa shape index (κ1) is 6.85. The second kappa shape index (κ2) is 2.34. The summed E-state index contributed by atoms with van der Waals surface area (Å²) in [6, 6.07) is 0. The Bertz CT molecular complexity index is 283. The van der Waals surface area contributed by atoms with E-state index in [1.165, 1.54) is 0 Å². The molecule has 2 heterocycles. The topological polar surface area (TPSA) is 28.8 Å². The van der Waals surface area contributed by atoms with Crippen molar-refractivity contribution in [3.05, 3.63) is 17.0 Å². The van der Waals surface area contributed by atoms with Crippen LogP contribution in [0.4, 0.5) is 5.82 Å². The largest absolute Gasteiger partial charge is 0.352 e. The third-order valence-electron chi connectivity index (χ3n) is 1.69. The van der Waals surface area contributed by atoms with Crippen LogP contribution < -0.4 is 4.90 Å². The molecule has 0 amide bonds. The number of anilines is 1. The average Bonchev–Trinajstić information content (AvgIpc) is 2.77. The minimum absolute atomic E-state index is 0.685. The highest BCUT2D eigenvalue weighted by molar-refractivity contribution is 6.33. The standard InChI is InChI=1S/C7H8ClN3/c1-5-6(8)7(10-4-9-5)11-2-3-11/h4H,2-3H2,1H3. The summed E-state index contributed by atoms with van der Waals surface area (Å²) in [4.78, 5) is 10.2. The smallest absolute Gasteiger partial charge is 0.151 e. The molecular formula is C7H8ClN3. The zero-order valence-corrected chi connectivity index (χ0v) is 6.97. The molecule has 0 aliphatic carbocycles. The summed E-state index contributed by atoms with van der Waals surface area (Å²) >= 11 is 5.96. The number of rotatable bonds is 1. The Labute approximate surface area is 70.0 Å². The van der Waals surface area contributed by atoms with Gasteiger partial charge in [-0.05, 0) is 6.92 Å². The van der Waals surface area contributed by atoms with Gasteiger partial charge in [0.25, 0.3) is 0 Å². The zero-order valence-electron chi connectivity index (χ0n) is 6.21. The molecule has 0 N–H and O–H groups in total. The quantitative estimate of drug-likeness (QED) is 0.593. The maximum Gasteiger partial charge on any atom is 0.151 e. The van der Waals surface area contributed by atoms with Gasteiger partial charge in [0.05, 0.1) is 5.69 Å². The molecule has 58 valence electrons. The molecule has 1 saturated heterocycles. The number of hydrogen-bond acceptors (Lipinski definition) is 3. The van der Waals surface area contributed by atoms with Crippen molar-refractivity contribution >= 4 is 17.4 Å². The van der Waals surface area contributed by atoms with Crippen molar-refractivity contribution in [3.63, 3.8) is 0 Å². The summed E-state index contributed by atoms with van der Waals surface area (Å²) in [6.07, 6.45) is 1.55. The molecular weight excluding hydrogens is 162 g/mol. The van der Waals surface area contributed by atoms with E-state index < -0.39 is 0 Å². The molecule has 0 saturated carbocycles. The molecule has 0 radical (unpaired) electrons. The lowest BCUT2D eigenvalue weighted by molar-refractivity contribution is 1.08. The SMILES string of the molecule is Cc1ncnc(N2CC2)c1Cl. The van der Waals surface area contributed by atoms with Gasteiger partial charge in [-0.2, -0.15) is 0 Å². The highest BCUT2D eigenvalue weighted by Crippen LogP contribution is 2.28. The molecule has 0 unspecified atom stereocenters. The van der Waals surface area contributed by atoms with Crippen LogP contribution in [0.25, 0.3) is 0 Å². The summed E-state index contributed by atoms with van der Waals surface area (Å²) in [6.45, 7) is 4.02. The van der Waals surface area contributed by atoms with Gasteiger partial charge in [-0.1, -0.05) is 11.6 Å².